The Hall–Kier alpha value is -0.730. The number of methoxy groups -OCH3 is 1. The summed E-state index contributed by atoms with van der Waals surface area (Å²) in [7, 11) is 1.69. The zero-order chi connectivity index (χ0) is 9.26. The summed E-state index contributed by atoms with van der Waals surface area (Å²) in [6.07, 6.45) is 1.25. The molecule has 1 fully saturated rings. The maximum Gasteiger partial charge on any atom is 0.118 e. The van der Waals surface area contributed by atoms with E-state index in [4.69, 9.17) is 10.5 Å². The van der Waals surface area contributed by atoms with Gasteiger partial charge in [-0.25, -0.2) is 0 Å². The van der Waals surface area contributed by atoms with Crippen LogP contribution in [0.4, 0.5) is 0 Å². The lowest BCUT2D eigenvalue weighted by molar-refractivity contribution is 0.414. The van der Waals surface area contributed by atoms with E-state index < -0.39 is 0 Å². The van der Waals surface area contributed by atoms with Gasteiger partial charge in [-0.2, -0.15) is 0 Å². The normalized spacial score (nSPS) is 23.9. The monoisotopic (exact) mass is 213 g/mol. The molecule has 0 amide bonds. The molecule has 3 heteroatoms. The second-order valence-electron chi connectivity index (χ2n) is 3.61. The van der Waals surface area contributed by atoms with Gasteiger partial charge >= 0.3 is 0 Å². The second-order valence-corrected chi connectivity index (χ2v) is 3.61. The number of benzene rings is 1. The van der Waals surface area contributed by atoms with Crippen molar-refractivity contribution in [1.29, 1.82) is 0 Å². The van der Waals surface area contributed by atoms with E-state index in [9.17, 15) is 0 Å². The molecule has 0 aromatic heterocycles. The van der Waals surface area contributed by atoms with Crippen molar-refractivity contribution in [1.82, 2.24) is 0 Å². The predicted octanol–water partition coefficient (Wildman–Crippen LogP) is 2.18. The van der Waals surface area contributed by atoms with E-state index >= 15 is 0 Å². The van der Waals surface area contributed by atoms with Gasteiger partial charge in [0.1, 0.15) is 5.75 Å². The first-order valence-corrected chi connectivity index (χ1v) is 4.69. The Morgan fingerprint density at radius 1 is 1.36 bits per heavy atom. The van der Waals surface area contributed by atoms with Gasteiger partial charge in [0.15, 0.2) is 0 Å². The topological polar surface area (TPSA) is 35.2 Å². The van der Waals surface area contributed by atoms with Crippen LogP contribution in [0, 0.1) is 5.92 Å². The molecule has 0 radical (unpaired) electrons. The maximum absolute atomic E-state index is 5.59. The molecular weight excluding hydrogens is 198 g/mol. The van der Waals surface area contributed by atoms with Gasteiger partial charge in [-0.3, -0.25) is 0 Å². The number of nitrogens with two attached hydrogens (primary N) is 1. The summed E-state index contributed by atoms with van der Waals surface area (Å²) >= 11 is 0. The van der Waals surface area contributed by atoms with E-state index in [1.807, 2.05) is 12.1 Å². The average Bonchev–Trinajstić information content (AvgIpc) is 2.97. The van der Waals surface area contributed by atoms with Crippen molar-refractivity contribution in [3.05, 3.63) is 29.8 Å². The minimum atomic E-state index is 0. The smallest absolute Gasteiger partial charge is 0.118 e. The summed E-state index contributed by atoms with van der Waals surface area (Å²) in [5.41, 5.74) is 6.99. The van der Waals surface area contributed by atoms with Crippen molar-refractivity contribution < 1.29 is 4.74 Å². The Labute approximate surface area is 90.9 Å². The third-order valence-electron chi connectivity index (χ3n) is 2.77. The minimum absolute atomic E-state index is 0. The van der Waals surface area contributed by atoms with Gasteiger partial charge < -0.3 is 10.5 Å². The van der Waals surface area contributed by atoms with Crippen molar-refractivity contribution in [2.45, 2.75) is 12.3 Å². The van der Waals surface area contributed by atoms with Crippen LogP contribution in [0.15, 0.2) is 24.3 Å². The molecule has 2 N–H and O–H groups in total. The van der Waals surface area contributed by atoms with Gasteiger partial charge in [0.2, 0.25) is 0 Å². The summed E-state index contributed by atoms with van der Waals surface area (Å²) in [4.78, 5) is 0. The van der Waals surface area contributed by atoms with Crippen LogP contribution in [0.3, 0.4) is 0 Å². The van der Waals surface area contributed by atoms with Crippen molar-refractivity contribution in [2.24, 2.45) is 11.7 Å². The molecule has 1 aliphatic rings. The fourth-order valence-corrected chi connectivity index (χ4v) is 1.77. The first-order valence-electron chi connectivity index (χ1n) is 4.69. The molecule has 2 nitrogen and oxygen atoms in total. The Kier molecular flexibility index (Phi) is 3.78. The van der Waals surface area contributed by atoms with Gasteiger partial charge in [0.05, 0.1) is 7.11 Å². The quantitative estimate of drug-likeness (QED) is 0.836. The Morgan fingerprint density at radius 3 is 2.43 bits per heavy atom. The van der Waals surface area contributed by atoms with E-state index in [2.05, 4.69) is 12.1 Å². The van der Waals surface area contributed by atoms with Crippen molar-refractivity contribution in [3.63, 3.8) is 0 Å². The lowest BCUT2D eigenvalue weighted by Gasteiger charge is -2.01. The molecule has 1 aromatic carbocycles. The van der Waals surface area contributed by atoms with E-state index in [1.54, 1.807) is 7.11 Å². The molecule has 0 aliphatic heterocycles. The van der Waals surface area contributed by atoms with Crippen LogP contribution in [-0.4, -0.2) is 13.7 Å². The summed E-state index contributed by atoms with van der Waals surface area (Å²) in [6.45, 7) is 0.816. The van der Waals surface area contributed by atoms with Crippen LogP contribution in [-0.2, 0) is 0 Å². The molecule has 1 aromatic rings. The van der Waals surface area contributed by atoms with E-state index in [0.29, 0.717) is 11.8 Å². The molecule has 2 rings (SSSR count). The number of hydrogen-bond donors (Lipinski definition) is 1. The fourth-order valence-electron chi connectivity index (χ4n) is 1.77. The van der Waals surface area contributed by atoms with Gasteiger partial charge in [-0.05, 0) is 42.5 Å². The SMILES string of the molecule is COc1ccc([C@H]2C[C@@H]2CN)cc1.Cl. The molecule has 14 heavy (non-hydrogen) atoms. The first-order chi connectivity index (χ1) is 6.35. The zero-order valence-corrected chi connectivity index (χ0v) is 9.09. The second kappa shape index (κ2) is 4.67. The highest BCUT2D eigenvalue weighted by molar-refractivity contribution is 5.85. The molecule has 0 unspecified atom stereocenters. The van der Waals surface area contributed by atoms with E-state index in [0.717, 1.165) is 12.3 Å². The number of rotatable bonds is 3. The van der Waals surface area contributed by atoms with Crippen LogP contribution in [0.5, 0.6) is 5.75 Å². The van der Waals surface area contributed by atoms with Crippen molar-refractivity contribution in [3.8, 4) is 5.75 Å². The van der Waals surface area contributed by atoms with E-state index in [-0.39, 0.29) is 12.4 Å². The molecule has 0 bridgehead atoms. The summed E-state index contributed by atoms with van der Waals surface area (Å²) in [5, 5.41) is 0. The van der Waals surface area contributed by atoms with Gasteiger partial charge in [0, 0.05) is 0 Å². The number of hydrogen-bond acceptors (Lipinski definition) is 2. The maximum atomic E-state index is 5.59. The molecule has 0 heterocycles. The Bertz CT molecular complexity index is 286. The molecule has 2 atom stereocenters. The van der Waals surface area contributed by atoms with Crippen LogP contribution < -0.4 is 10.5 Å². The highest BCUT2D eigenvalue weighted by atomic mass is 35.5. The predicted molar refractivity (Wildman–Crippen MR) is 60.1 cm³/mol. The molecular formula is C11H16ClNO. The average molecular weight is 214 g/mol. The van der Waals surface area contributed by atoms with Crippen LogP contribution in [0.1, 0.15) is 17.9 Å². The van der Waals surface area contributed by atoms with Crippen LogP contribution >= 0.6 is 12.4 Å². The third kappa shape index (κ3) is 2.20. The standard InChI is InChI=1S/C11H15NO.ClH/c1-13-10-4-2-8(3-5-10)11-6-9(11)7-12;/h2-5,9,11H,6-7,12H2,1H3;1H/t9-,11-;/m1./s1. The molecule has 78 valence electrons. The third-order valence-corrected chi connectivity index (χ3v) is 2.77. The Balaban J connectivity index is 0.000000980. The van der Waals surface area contributed by atoms with Crippen LogP contribution in [0.25, 0.3) is 0 Å². The molecule has 1 saturated carbocycles. The van der Waals surface area contributed by atoms with Crippen LogP contribution in [0.2, 0.25) is 0 Å². The van der Waals surface area contributed by atoms with E-state index in [1.165, 1.54) is 12.0 Å². The number of halogens is 1. The fraction of sp³-hybridized carbons (Fsp3) is 0.455. The zero-order valence-electron chi connectivity index (χ0n) is 8.27. The summed E-state index contributed by atoms with van der Waals surface area (Å²) < 4.78 is 5.10. The largest absolute Gasteiger partial charge is 0.497 e. The molecule has 0 saturated heterocycles. The summed E-state index contributed by atoms with van der Waals surface area (Å²) in [6, 6.07) is 8.31. The van der Waals surface area contributed by atoms with Crippen molar-refractivity contribution >= 4 is 12.4 Å². The van der Waals surface area contributed by atoms with Gasteiger partial charge in [-0.15, -0.1) is 12.4 Å². The first kappa shape index (κ1) is 11.3. The highest BCUT2D eigenvalue weighted by Gasteiger charge is 2.36. The molecule has 0 spiro atoms. The molecule has 1 aliphatic carbocycles. The van der Waals surface area contributed by atoms with Crippen molar-refractivity contribution in [2.75, 3.05) is 13.7 Å². The lowest BCUT2D eigenvalue weighted by atomic mass is 10.1. The number of ether oxygens (including phenoxy) is 1. The van der Waals surface area contributed by atoms with Gasteiger partial charge in [0.25, 0.3) is 0 Å². The minimum Gasteiger partial charge on any atom is -0.497 e. The Morgan fingerprint density at radius 2 is 2.00 bits per heavy atom. The lowest BCUT2D eigenvalue weighted by Crippen LogP contribution is -2.01. The summed E-state index contributed by atoms with van der Waals surface area (Å²) in [5.74, 6) is 2.35. The van der Waals surface area contributed by atoms with Gasteiger partial charge in [-0.1, -0.05) is 12.1 Å². The highest BCUT2D eigenvalue weighted by Crippen LogP contribution is 2.46.